The van der Waals surface area contributed by atoms with E-state index in [-0.39, 0.29) is 23.3 Å². The van der Waals surface area contributed by atoms with Crippen molar-refractivity contribution >= 4 is 34.8 Å². The van der Waals surface area contributed by atoms with Gasteiger partial charge in [0.2, 0.25) is 0 Å². The summed E-state index contributed by atoms with van der Waals surface area (Å²) in [6.45, 7) is 1.53. The van der Waals surface area contributed by atoms with Crippen LogP contribution in [0.2, 0.25) is 5.02 Å². The number of ether oxygens (including phenoxy) is 1. The van der Waals surface area contributed by atoms with Gasteiger partial charge in [-0.05, 0) is 51.2 Å². The van der Waals surface area contributed by atoms with Crippen LogP contribution in [0, 0.1) is 12.7 Å². The Morgan fingerprint density at radius 3 is 2.68 bits per heavy atom. The molecule has 1 aromatic carbocycles. The summed E-state index contributed by atoms with van der Waals surface area (Å²) in [5.41, 5.74) is -0.458. The van der Waals surface area contributed by atoms with Gasteiger partial charge in [0.1, 0.15) is 11.6 Å². The highest BCUT2D eigenvalue weighted by molar-refractivity contribution is 7.11. The predicted molar refractivity (Wildman–Crippen MR) is 114 cm³/mol. The van der Waals surface area contributed by atoms with E-state index in [0.29, 0.717) is 37.1 Å². The molecule has 1 heterocycles. The minimum absolute atomic E-state index is 0.0243. The Kier molecular flexibility index (Phi) is 5.93. The normalized spacial score (nSPS) is 27.0. The van der Waals surface area contributed by atoms with Gasteiger partial charge in [-0.3, -0.25) is 9.59 Å². The number of aryl methyl sites for hydroxylation is 1. The Bertz CT molecular complexity index is 1010. The molecule has 5 rings (SSSR count). The molecule has 0 radical (unpaired) electrons. The molecule has 2 aromatic rings. The van der Waals surface area contributed by atoms with E-state index in [0.717, 1.165) is 11.8 Å². The van der Waals surface area contributed by atoms with E-state index in [4.69, 9.17) is 16.3 Å². The fourth-order valence-electron chi connectivity index (χ4n) is 4.44. The van der Waals surface area contributed by atoms with Crippen molar-refractivity contribution in [3.63, 3.8) is 0 Å². The number of fused-ring (bicyclic) bond motifs is 3. The molecule has 7 nitrogen and oxygen atoms in total. The number of halogens is 2. The van der Waals surface area contributed by atoms with Gasteiger partial charge in [0.15, 0.2) is 11.6 Å². The molecule has 1 atom stereocenters. The quantitative estimate of drug-likeness (QED) is 0.606. The number of benzene rings is 1. The van der Waals surface area contributed by atoms with Crippen molar-refractivity contribution in [2.75, 3.05) is 6.61 Å². The lowest BCUT2D eigenvalue weighted by Gasteiger charge is -2.56. The Labute approximate surface area is 188 Å². The molecule has 2 amide bonds. The molecule has 3 aliphatic carbocycles. The summed E-state index contributed by atoms with van der Waals surface area (Å²) >= 11 is 6.94. The summed E-state index contributed by atoms with van der Waals surface area (Å²) in [7, 11) is 0. The van der Waals surface area contributed by atoms with E-state index < -0.39 is 28.9 Å². The number of carbonyl (C=O) groups is 2. The summed E-state index contributed by atoms with van der Waals surface area (Å²) in [6, 6.07) is 3.95. The number of nitrogens with one attached hydrogen (secondary N) is 2. The number of amides is 2. The fraction of sp³-hybridized carbons (Fsp3) is 0.476. The second-order valence-corrected chi connectivity index (χ2v) is 9.58. The minimum Gasteiger partial charge on any atom is -0.484 e. The second kappa shape index (κ2) is 8.37. The fourth-order valence-corrected chi connectivity index (χ4v) is 5.25. The molecule has 0 aliphatic heterocycles. The smallest absolute Gasteiger partial charge is 0.280 e. The van der Waals surface area contributed by atoms with Crippen molar-refractivity contribution in [2.45, 2.75) is 56.2 Å². The number of aliphatic hydroxyl groups excluding tert-OH is 1. The van der Waals surface area contributed by atoms with Gasteiger partial charge in [-0.25, -0.2) is 9.37 Å². The Morgan fingerprint density at radius 2 is 2.06 bits per heavy atom. The van der Waals surface area contributed by atoms with E-state index in [1.165, 1.54) is 23.5 Å². The molecule has 2 bridgehead atoms. The van der Waals surface area contributed by atoms with Crippen molar-refractivity contribution in [3.05, 3.63) is 45.1 Å². The minimum atomic E-state index is -0.801. The lowest BCUT2D eigenvalue weighted by atomic mass is 9.60. The van der Waals surface area contributed by atoms with Crippen LogP contribution in [0.25, 0.3) is 0 Å². The third-order valence-electron chi connectivity index (χ3n) is 6.16. The van der Waals surface area contributed by atoms with Crippen LogP contribution < -0.4 is 15.4 Å². The van der Waals surface area contributed by atoms with Gasteiger partial charge >= 0.3 is 0 Å². The first-order chi connectivity index (χ1) is 14.7. The standard InChI is InChI=1S/C21H23ClFN3O4S/c1-12-11-31-19(24-12)18(29)26-20-4-6-21(7-5-20,16(27)9-20)25-17(28)10-30-13-2-3-14(22)15(23)8-13/h2-3,8,11,16,27H,4-7,9-10H2,1H3,(H,25,28)(H,26,29)/t16-,20?,21?/m0/s1. The Hall–Kier alpha value is -2.23. The topological polar surface area (TPSA) is 101 Å². The number of rotatable bonds is 6. The molecule has 0 saturated heterocycles. The van der Waals surface area contributed by atoms with E-state index in [9.17, 15) is 19.1 Å². The molecular formula is C21H23ClFN3O4S. The van der Waals surface area contributed by atoms with Crippen molar-refractivity contribution < 1.29 is 23.8 Å². The largest absolute Gasteiger partial charge is 0.484 e. The maximum Gasteiger partial charge on any atom is 0.280 e. The molecule has 3 aliphatic rings. The van der Waals surface area contributed by atoms with Crippen LogP contribution in [-0.4, -0.2) is 45.7 Å². The number of thiazole rings is 1. The van der Waals surface area contributed by atoms with Gasteiger partial charge in [0, 0.05) is 22.7 Å². The van der Waals surface area contributed by atoms with Gasteiger partial charge < -0.3 is 20.5 Å². The maximum absolute atomic E-state index is 13.5. The SMILES string of the molecule is Cc1csc(C(=O)NC23CCC(NC(=O)COc4ccc(Cl)c(F)c4)(CC2)[C@@H](O)C3)n1. The summed E-state index contributed by atoms with van der Waals surface area (Å²) in [5, 5.41) is 19.0. The average Bonchev–Trinajstić information content (AvgIpc) is 3.17. The highest BCUT2D eigenvalue weighted by Crippen LogP contribution is 2.47. The number of aliphatic hydroxyl groups is 1. The molecular weight excluding hydrogens is 445 g/mol. The summed E-state index contributed by atoms with van der Waals surface area (Å²) in [6.07, 6.45) is 1.91. The molecule has 3 fully saturated rings. The van der Waals surface area contributed by atoms with Crippen molar-refractivity contribution in [3.8, 4) is 5.75 Å². The third-order valence-corrected chi connectivity index (χ3v) is 7.43. The van der Waals surface area contributed by atoms with Gasteiger partial charge in [-0.15, -0.1) is 11.3 Å². The predicted octanol–water partition coefficient (Wildman–Crippen LogP) is 2.99. The van der Waals surface area contributed by atoms with Crippen molar-refractivity contribution in [1.82, 2.24) is 15.6 Å². The summed E-state index contributed by atoms with van der Waals surface area (Å²) in [4.78, 5) is 29.3. The number of carbonyl (C=O) groups excluding carboxylic acids is 2. The Balaban J connectivity index is 1.34. The number of hydrogen-bond donors (Lipinski definition) is 3. The van der Waals surface area contributed by atoms with E-state index in [1.807, 2.05) is 12.3 Å². The highest BCUT2D eigenvalue weighted by Gasteiger charge is 2.55. The molecule has 10 heteroatoms. The molecule has 1 aromatic heterocycles. The molecule has 166 valence electrons. The number of hydrogen-bond acceptors (Lipinski definition) is 6. The molecule has 3 N–H and O–H groups in total. The average molecular weight is 468 g/mol. The number of aromatic nitrogens is 1. The van der Waals surface area contributed by atoms with Crippen LogP contribution >= 0.6 is 22.9 Å². The van der Waals surface area contributed by atoms with Crippen LogP contribution in [-0.2, 0) is 4.79 Å². The van der Waals surface area contributed by atoms with Crippen LogP contribution in [0.3, 0.4) is 0 Å². The van der Waals surface area contributed by atoms with Crippen LogP contribution in [0.4, 0.5) is 4.39 Å². The zero-order valence-electron chi connectivity index (χ0n) is 16.9. The molecule has 0 unspecified atom stereocenters. The molecule has 31 heavy (non-hydrogen) atoms. The van der Waals surface area contributed by atoms with Crippen LogP contribution in [0.15, 0.2) is 23.6 Å². The monoisotopic (exact) mass is 467 g/mol. The van der Waals surface area contributed by atoms with E-state index in [1.54, 1.807) is 0 Å². The van der Waals surface area contributed by atoms with Crippen molar-refractivity contribution in [2.24, 2.45) is 0 Å². The van der Waals surface area contributed by atoms with Gasteiger partial charge in [0.05, 0.1) is 16.7 Å². The zero-order chi connectivity index (χ0) is 22.2. The highest BCUT2D eigenvalue weighted by atomic mass is 35.5. The zero-order valence-corrected chi connectivity index (χ0v) is 18.5. The van der Waals surface area contributed by atoms with Gasteiger partial charge in [0.25, 0.3) is 11.8 Å². The van der Waals surface area contributed by atoms with E-state index in [2.05, 4.69) is 15.6 Å². The third kappa shape index (κ3) is 4.53. The first-order valence-corrected chi connectivity index (χ1v) is 11.3. The lowest BCUT2D eigenvalue weighted by molar-refractivity contribution is -0.132. The first-order valence-electron chi connectivity index (χ1n) is 10.0. The van der Waals surface area contributed by atoms with Gasteiger partial charge in [-0.2, -0.15) is 0 Å². The lowest BCUT2D eigenvalue weighted by Crippen LogP contribution is -2.70. The van der Waals surface area contributed by atoms with Crippen molar-refractivity contribution in [1.29, 1.82) is 0 Å². The summed E-state index contributed by atoms with van der Waals surface area (Å²) in [5.74, 6) is -1.06. The summed E-state index contributed by atoms with van der Waals surface area (Å²) < 4.78 is 18.9. The molecule has 3 saturated carbocycles. The maximum atomic E-state index is 13.5. The van der Waals surface area contributed by atoms with Crippen LogP contribution in [0.1, 0.15) is 47.6 Å². The van der Waals surface area contributed by atoms with Gasteiger partial charge in [-0.1, -0.05) is 11.6 Å². The number of nitrogens with zero attached hydrogens (tertiary/aromatic N) is 1. The van der Waals surface area contributed by atoms with E-state index >= 15 is 0 Å². The Morgan fingerprint density at radius 1 is 1.32 bits per heavy atom. The van der Waals surface area contributed by atoms with Crippen LogP contribution in [0.5, 0.6) is 5.75 Å². The molecule has 0 spiro atoms. The first kappa shape index (κ1) is 22.0. The second-order valence-electron chi connectivity index (χ2n) is 8.32.